The highest BCUT2D eigenvalue weighted by atomic mass is 79.9. The molecule has 4 heteroatoms. The molecule has 3 rings (SSSR count). The molecule has 1 aliphatic heterocycles. The fraction of sp³-hybridized carbons (Fsp3) is 0.294. The minimum absolute atomic E-state index is 0.302. The van der Waals surface area contributed by atoms with Crippen LogP contribution < -0.4 is 9.47 Å². The molecule has 2 nitrogen and oxygen atoms in total. The molecule has 0 radical (unpaired) electrons. The molecule has 0 aliphatic carbocycles. The van der Waals surface area contributed by atoms with Crippen LogP contribution in [0, 0.1) is 6.92 Å². The summed E-state index contributed by atoms with van der Waals surface area (Å²) in [6.07, 6.45) is 0.927. The van der Waals surface area contributed by atoms with Crippen molar-refractivity contribution in [2.75, 3.05) is 13.7 Å². The van der Waals surface area contributed by atoms with Crippen LogP contribution in [0.5, 0.6) is 11.5 Å². The quantitative estimate of drug-likeness (QED) is 0.708. The Labute approximate surface area is 138 Å². The Bertz CT molecular complexity index is 685. The van der Waals surface area contributed by atoms with Crippen LogP contribution in [0.25, 0.3) is 0 Å². The van der Waals surface area contributed by atoms with E-state index in [1.54, 1.807) is 7.11 Å². The summed E-state index contributed by atoms with van der Waals surface area (Å²) >= 11 is 10.3. The van der Waals surface area contributed by atoms with Gasteiger partial charge in [0.05, 0.1) is 19.1 Å². The molecule has 0 spiro atoms. The van der Waals surface area contributed by atoms with Gasteiger partial charge >= 0.3 is 0 Å². The van der Waals surface area contributed by atoms with Crippen molar-refractivity contribution in [3.8, 4) is 11.5 Å². The van der Waals surface area contributed by atoms with Crippen LogP contribution in [0.15, 0.2) is 34.8 Å². The first-order valence-electron chi connectivity index (χ1n) is 6.84. The summed E-state index contributed by atoms with van der Waals surface area (Å²) in [5.74, 6) is 1.72. The van der Waals surface area contributed by atoms with Crippen molar-refractivity contribution in [1.29, 1.82) is 0 Å². The van der Waals surface area contributed by atoms with E-state index in [-0.39, 0.29) is 5.38 Å². The number of hydrogen-bond acceptors (Lipinski definition) is 2. The third-order valence-corrected chi connectivity index (χ3v) is 4.64. The van der Waals surface area contributed by atoms with Gasteiger partial charge in [-0.1, -0.05) is 33.6 Å². The molecule has 2 aromatic carbocycles. The highest BCUT2D eigenvalue weighted by Crippen LogP contribution is 2.44. The minimum atomic E-state index is -0.302. The molecule has 0 amide bonds. The Hall–Kier alpha value is -1.19. The van der Waals surface area contributed by atoms with Crippen LogP contribution in [-0.4, -0.2) is 13.7 Å². The Morgan fingerprint density at radius 2 is 2.05 bits per heavy atom. The van der Waals surface area contributed by atoms with Gasteiger partial charge in [0.15, 0.2) is 0 Å². The lowest BCUT2D eigenvalue weighted by molar-refractivity contribution is 0.353. The average Bonchev–Trinajstić information content (AvgIpc) is 2.93. The lowest BCUT2D eigenvalue weighted by atomic mass is 9.98. The van der Waals surface area contributed by atoms with Gasteiger partial charge in [-0.25, -0.2) is 0 Å². The van der Waals surface area contributed by atoms with Gasteiger partial charge in [-0.15, -0.1) is 11.6 Å². The first kappa shape index (κ1) is 14.7. The van der Waals surface area contributed by atoms with Crippen molar-refractivity contribution in [1.82, 2.24) is 0 Å². The SMILES string of the molecule is COc1ccc(C)cc1C(Cl)c1cc(Br)cc2c1OCC2. The van der Waals surface area contributed by atoms with Crippen molar-refractivity contribution >= 4 is 27.5 Å². The number of ether oxygens (including phenoxy) is 2. The van der Waals surface area contributed by atoms with Crippen LogP contribution in [0.1, 0.15) is 27.6 Å². The van der Waals surface area contributed by atoms with E-state index < -0.39 is 0 Å². The van der Waals surface area contributed by atoms with Crippen molar-refractivity contribution in [3.05, 3.63) is 57.1 Å². The van der Waals surface area contributed by atoms with E-state index in [0.717, 1.165) is 39.1 Å². The lowest BCUT2D eigenvalue weighted by Crippen LogP contribution is -2.01. The highest BCUT2D eigenvalue weighted by molar-refractivity contribution is 9.10. The highest BCUT2D eigenvalue weighted by Gasteiger charge is 2.25. The number of fused-ring (bicyclic) bond motifs is 1. The number of rotatable bonds is 3. The summed E-state index contributed by atoms with van der Waals surface area (Å²) in [6.45, 7) is 2.77. The van der Waals surface area contributed by atoms with Crippen molar-refractivity contribution in [2.24, 2.45) is 0 Å². The fourth-order valence-corrected chi connectivity index (χ4v) is 3.56. The molecular formula is C17H16BrClO2. The van der Waals surface area contributed by atoms with Crippen LogP contribution in [0.3, 0.4) is 0 Å². The molecule has 0 saturated carbocycles. The molecule has 0 N–H and O–H groups in total. The monoisotopic (exact) mass is 366 g/mol. The number of aryl methyl sites for hydroxylation is 1. The van der Waals surface area contributed by atoms with Crippen LogP contribution in [-0.2, 0) is 6.42 Å². The predicted molar refractivity (Wildman–Crippen MR) is 88.8 cm³/mol. The summed E-state index contributed by atoms with van der Waals surface area (Å²) in [5.41, 5.74) is 4.32. The van der Waals surface area contributed by atoms with E-state index in [0.29, 0.717) is 6.61 Å². The third kappa shape index (κ3) is 2.77. The van der Waals surface area contributed by atoms with Crippen LogP contribution >= 0.6 is 27.5 Å². The van der Waals surface area contributed by atoms with Crippen molar-refractivity contribution in [3.63, 3.8) is 0 Å². The van der Waals surface area contributed by atoms with Gasteiger partial charge in [0.25, 0.3) is 0 Å². The number of halogens is 2. The van der Waals surface area contributed by atoms with E-state index in [9.17, 15) is 0 Å². The van der Waals surface area contributed by atoms with Gasteiger partial charge in [-0.3, -0.25) is 0 Å². The lowest BCUT2D eigenvalue weighted by Gasteiger charge is -2.18. The predicted octanol–water partition coefficient (Wildman–Crippen LogP) is 5.03. The maximum absolute atomic E-state index is 6.76. The smallest absolute Gasteiger partial charge is 0.127 e. The van der Waals surface area contributed by atoms with E-state index in [2.05, 4.69) is 28.1 Å². The summed E-state index contributed by atoms with van der Waals surface area (Å²) in [7, 11) is 1.67. The second-order valence-electron chi connectivity index (χ2n) is 5.19. The third-order valence-electron chi connectivity index (χ3n) is 3.71. The van der Waals surface area contributed by atoms with Crippen molar-refractivity contribution in [2.45, 2.75) is 18.7 Å². The summed E-state index contributed by atoms with van der Waals surface area (Å²) in [6, 6.07) is 10.2. The molecule has 21 heavy (non-hydrogen) atoms. The van der Waals surface area contributed by atoms with E-state index >= 15 is 0 Å². The average molecular weight is 368 g/mol. The Morgan fingerprint density at radius 1 is 1.24 bits per heavy atom. The van der Waals surface area contributed by atoms with E-state index in [4.69, 9.17) is 21.1 Å². The first-order valence-corrected chi connectivity index (χ1v) is 8.07. The van der Waals surface area contributed by atoms with Gasteiger partial charge in [-0.05, 0) is 30.7 Å². The Balaban J connectivity index is 2.11. The van der Waals surface area contributed by atoms with Gasteiger partial charge in [0.1, 0.15) is 11.5 Å². The molecule has 0 saturated heterocycles. The van der Waals surface area contributed by atoms with Crippen molar-refractivity contribution < 1.29 is 9.47 Å². The maximum atomic E-state index is 6.76. The number of benzene rings is 2. The molecule has 0 fully saturated rings. The second kappa shape index (κ2) is 5.90. The largest absolute Gasteiger partial charge is 0.496 e. The fourth-order valence-electron chi connectivity index (χ4n) is 2.71. The molecule has 110 valence electrons. The number of alkyl halides is 1. The Morgan fingerprint density at radius 3 is 2.81 bits per heavy atom. The van der Waals surface area contributed by atoms with E-state index in [1.165, 1.54) is 5.56 Å². The molecule has 0 aromatic heterocycles. The zero-order valence-electron chi connectivity index (χ0n) is 12.0. The standard InChI is InChI=1S/C17H16BrClO2/c1-10-3-4-15(20-2)13(7-10)16(19)14-9-12(18)8-11-5-6-21-17(11)14/h3-4,7-9,16H,5-6H2,1-2H3. The van der Waals surface area contributed by atoms with Gasteiger partial charge in [0, 0.05) is 22.0 Å². The molecule has 0 bridgehead atoms. The zero-order chi connectivity index (χ0) is 15.0. The van der Waals surface area contributed by atoms with Crippen LogP contribution in [0.4, 0.5) is 0 Å². The Kier molecular flexibility index (Phi) is 4.14. The normalized spacial score (nSPS) is 14.5. The zero-order valence-corrected chi connectivity index (χ0v) is 14.3. The molecule has 2 aromatic rings. The summed E-state index contributed by atoms with van der Waals surface area (Å²) < 4.78 is 12.3. The second-order valence-corrected chi connectivity index (χ2v) is 6.54. The number of methoxy groups -OCH3 is 1. The molecular weight excluding hydrogens is 352 g/mol. The van der Waals surface area contributed by atoms with Gasteiger partial charge in [0.2, 0.25) is 0 Å². The van der Waals surface area contributed by atoms with Crippen LogP contribution in [0.2, 0.25) is 0 Å². The molecule has 1 atom stereocenters. The summed E-state index contributed by atoms with van der Waals surface area (Å²) in [5, 5.41) is -0.302. The van der Waals surface area contributed by atoms with Gasteiger partial charge < -0.3 is 9.47 Å². The van der Waals surface area contributed by atoms with Gasteiger partial charge in [-0.2, -0.15) is 0 Å². The molecule has 1 aliphatic rings. The number of hydrogen-bond donors (Lipinski definition) is 0. The molecule has 1 unspecified atom stereocenters. The molecule has 1 heterocycles. The topological polar surface area (TPSA) is 18.5 Å². The minimum Gasteiger partial charge on any atom is -0.496 e. The summed E-state index contributed by atoms with van der Waals surface area (Å²) in [4.78, 5) is 0. The maximum Gasteiger partial charge on any atom is 0.127 e. The van der Waals surface area contributed by atoms with E-state index in [1.807, 2.05) is 25.1 Å². The first-order chi connectivity index (χ1) is 10.1.